The smallest absolute Gasteiger partial charge is 0.220 e. The van der Waals surface area contributed by atoms with Gasteiger partial charge in [-0.1, -0.05) is 12.8 Å². The number of hydrogen-bond acceptors (Lipinski definition) is 2. The summed E-state index contributed by atoms with van der Waals surface area (Å²) in [5.74, 6) is -1.12. The van der Waals surface area contributed by atoms with E-state index in [4.69, 9.17) is 5.73 Å². The zero-order valence-electron chi connectivity index (χ0n) is 11.8. The van der Waals surface area contributed by atoms with Crippen molar-refractivity contribution in [1.82, 2.24) is 5.32 Å². The summed E-state index contributed by atoms with van der Waals surface area (Å²) in [7, 11) is 0. The van der Waals surface area contributed by atoms with Crippen LogP contribution in [0.15, 0.2) is 18.2 Å². The van der Waals surface area contributed by atoms with Gasteiger partial charge < -0.3 is 11.1 Å². The van der Waals surface area contributed by atoms with Crippen molar-refractivity contribution in [3.63, 3.8) is 0 Å². The first-order valence-electron chi connectivity index (χ1n) is 7.00. The van der Waals surface area contributed by atoms with Crippen LogP contribution in [0, 0.1) is 11.6 Å². The summed E-state index contributed by atoms with van der Waals surface area (Å²) in [6, 6.07) is 3.29. The molecule has 21 heavy (non-hydrogen) atoms. The molecule has 0 atom stereocenters. The SMILES string of the molecule is Cl.NCC1(NC(=O)CCc2cc(F)ccc2F)CCCC1. The summed E-state index contributed by atoms with van der Waals surface area (Å²) in [6.07, 6.45) is 4.25. The molecule has 1 aliphatic rings. The van der Waals surface area contributed by atoms with Gasteiger partial charge in [-0.05, 0) is 43.0 Å². The molecule has 1 aromatic carbocycles. The van der Waals surface area contributed by atoms with Crippen molar-refractivity contribution in [2.75, 3.05) is 6.54 Å². The van der Waals surface area contributed by atoms with E-state index in [1.807, 2.05) is 0 Å². The Bertz CT molecular complexity index is 491. The number of benzene rings is 1. The Balaban J connectivity index is 0.00000220. The number of carbonyl (C=O) groups excluding carboxylic acids is 1. The van der Waals surface area contributed by atoms with Crippen molar-refractivity contribution in [3.8, 4) is 0 Å². The topological polar surface area (TPSA) is 55.1 Å². The van der Waals surface area contributed by atoms with Gasteiger partial charge in [-0.25, -0.2) is 8.78 Å². The molecule has 0 aromatic heterocycles. The highest BCUT2D eigenvalue weighted by Gasteiger charge is 2.33. The Kier molecular flexibility index (Phi) is 6.55. The van der Waals surface area contributed by atoms with E-state index in [0.717, 1.165) is 43.9 Å². The van der Waals surface area contributed by atoms with E-state index >= 15 is 0 Å². The van der Waals surface area contributed by atoms with Crippen LogP contribution in [0.25, 0.3) is 0 Å². The molecule has 1 aromatic rings. The van der Waals surface area contributed by atoms with Crippen LogP contribution in [0.4, 0.5) is 8.78 Å². The highest BCUT2D eigenvalue weighted by molar-refractivity contribution is 5.85. The maximum atomic E-state index is 13.4. The lowest BCUT2D eigenvalue weighted by Crippen LogP contribution is -2.51. The highest BCUT2D eigenvalue weighted by Crippen LogP contribution is 2.28. The average molecular weight is 319 g/mol. The van der Waals surface area contributed by atoms with Crippen molar-refractivity contribution in [3.05, 3.63) is 35.4 Å². The minimum Gasteiger partial charge on any atom is -0.349 e. The van der Waals surface area contributed by atoms with E-state index in [9.17, 15) is 13.6 Å². The summed E-state index contributed by atoms with van der Waals surface area (Å²) < 4.78 is 26.5. The molecule has 0 bridgehead atoms. The minimum absolute atomic E-state index is 0. The molecule has 0 radical (unpaired) electrons. The van der Waals surface area contributed by atoms with E-state index in [1.54, 1.807) is 0 Å². The Hall–Kier alpha value is -1.20. The molecule has 0 unspecified atom stereocenters. The predicted molar refractivity (Wildman–Crippen MR) is 80.3 cm³/mol. The second-order valence-electron chi connectivity index (χ2n) is 5.48. The van der Waals surface area contributed by atoms with Crippen molar-refractivity contribution < 1.29 is 13.6 Å². The predicted octanol–water partition coefficient (Wildman–Crippen LogP) is 2.71. The van der Waals surface area contributed by atoms with Crippen LogP contribution in [-0.4, -0.2) is 18.0 Å². The molecule has 0 saturated heterocycles. The Morgan fingerprint density at radius 1 is 1.29 bits per heavy atom. The number of nitrogens with two attached hydrogens (primary N) is 1. The maximum Gasteiger partial charge on any atom is 0.220 e. The molecule has 118 valence electrons. The lowest BCUT2D eigenvalue weighted by Gasteiger charge is -2.28. The fourth-order valence-corrected chi connectivity index (χ4v) is 2.77. The number of amides is 1. The van der Waals surface area contributed by atoms with Crippen LogP contribution < -0.4 is 11.1 Å². The molecule has 3 N–H and O–H groups in total. The van der Waals surface area contributed by atoms with E-state index < -0.39 is 11.6 Å². The van der Waals surface area contributed by atoms with Gasteiger partial charge in [0.1, 0.15) is 11.6 Å². The lowest BCUT2D eigenvalue weighted by atomic mass is 9.97. The number of carbonyl (C=O) groups is 1. The Labute approximate surface area is 129 Å². The van der Waals surface area contributed by atoms with Gasteiger partial charge in [-0.15, -0.1) is 12.4 Å². The molecule has 1 fully saturated rings. The van der Waals surface area contributed by atoms with Gasteiger partial charge in [0.2, 0.25) is 5.91 Å². The van der Waals surface area contributed by atoms with Crippen LogP contribution in [0.3, 0.4) is 0 Å². The third-order valence-electron chi connectivity index (χ3n) is 3.99. The quantitative estimate of drug-likeness (QED) is 0.877. The Morgan fingerprint density at radius 2 is 1.95 bits per heavy atom. The third kappa shape index (κ3) is 4.64. The first-order chi connectivity index (χ1) is 9.54. The van der Waals surface area contributed by atoms with E-state index in [1.165, 1.54) is 0 Å². The first-order valence-corrected chi connectivity index (χ1v) is 7.00. The lowest BCUT2D eigenvalue weighted by molar-refractivity contribution is -0.122. The summed E-state index contributed by atoms with van der Waals surface area (Å²) in [5, 5.41) is 2.97. The largest absolute Gasteiger partial charge is 0.349 e. The first kappa shape index (κ1) is 17.9. The molecular weight excluding hydrogens is 298 g/mol. The average Bonchev–Trinajstić information content (AvgIpc) is 2.89. The van der Waals surface area contributed by atoms with Crippen LogP contribution in [0.1, 0.15) is 37.7 Å². The maximum absolute atomic E-state index is 13.4. The normalized spacial score (nSPS) is 16.3. The summed E-state index contributed by atoms with van der Waals surface area (Å²) in [6.45, 7) is 0.424. The Morgan fingerprint density at radius 3 is 2.57 bits per heavy atom. The van der Waals surface area contributed by atoms with Crippen molar-refractivity contribution in [2.45, 2.75) is 44.1 Å². The zero-order valence-corrected chi connectivity index (χ0v) is 12.6. The monoisotopic (exact) mass is 318 g/mol. The summed E-state index contributed by atoms with van der Waals surface area (Å²) in [4.78, 5) is 11.9. The van der Waals surface area contributed by atoms with Crippen LogP contribution in [0.2, 0.25) is 0 Å². The fraction of sp³-hybridized carbons (Fsp3) is 0.533. The number of nitrogens with one attached hydrogen (secondary N) is 1. The molecule has 1 saturated carbocycles. The van der Waals surface area contributed by atoms with E-state index in [2.05, 4.69) is 5.32 Å². The van der Waals surface area contributed by atoms with Crippen LogP contribution in [-0.2, 0) is 11.2 Å². The molecule has 0 aliphatic heterocycles. The molecule has 6 heteroatoms. The number of halogens is 3. The van der Waals surface area contributed by atoms with Gasteiger partial charge in [0, 0.05) is 13.0 Å². The van der Waals surface area contributed by atoms with Crippen molar-refractivity contribution >= 4 is 18.3 Å². The molecule has 3 nitrogen and oxygen atoms in total. The standard InChI is InChI=1S/C15H20F2N2O.ClH/c16-12-4-5-13(17)11(9-12)3-6-14(20)19-15(10-18)7-1-2-8-15;/h4-5,9H,1-3,6-8,10,18H2,(H,19,20);1H. The highest BCUT2D eigenvalue weighted by atomic mass is 35.5. The zero-order chi connectivity index (χ0) is 14.6. The number of hydrogen-bond donors (Lipinski definition) is 2. The molecule has 1 amide bonds. The molecule has 2 rings (SSSR count). The van der Waals surface area contributed by atoms with Gasteiger partial charge in [0.05, 0.1) is 5.54 Å². The summed E-state index contributed by atoms with van der Waals surface area (Å²) >= 11 is 0. The minimum atomic E-state index is -0.490. The second kappa shape index (κ2) is 7.71. The fourth-order valence-electron chi connectivity index (χ4n) is 2.77. The van der Waals surface area contributed by atoms with Crippen molar-refractivity contribution in [2.24, 2.45) is 5.73 Å². The van der Waals surface area contributed by atoms with Gasteiger partial charge >= 0.3 is 0 Å². The molecular formula is C15H21ClF2N2O. The van der Waals surface area contributed by atoms with Gasteiger partial charge in [0.15, 0.2) is 0 Å². The molecule has 0 spiro atoms. The van der Waals surface area contributed by atoms with Gasteiger partial charge in [0.25, 0.3) is 0 Å². The number of rotatable bonds is 5. The van der Waals surface area contributed by atoms with Crippen LogP contribution >= 0.6 is 12.4 Å². The van der Waals surface area contributed by atoms with E-state index in [0.29, 0.717) is 6.54 Å². The van der Waals surface area contributed by atoms with Crippen molar-refractivity contribution in [1.29, 1.82) is 0 Å². The van der Waals surface area contributed by atoms with Gasteiger partial charge in [-0.2, -0.15) is 0 Å². The second-order valence-corrected chi connectivity index (χ2v) is 5.48. The molecule has 0 heterocycles. The summed E-state index contributed by atoms with van der Waals surface area (Å²) in [5.41, 5.74) is 5.68. The molecule has 1 aliphatic carbocycles. The van der Waals surface area contributed by atoms with Crippen LogP contribution in [0.5, 0.6) is 0 Å². The van der Waals surface area contributed by atoms with Gasteiger partial charge in [-0.3, -0.25) is 4.79 Å². The third-order valence-corrected chi connectivity index (χ3v) is 3.99. The number of aryl methyl sites for hydroxylation is 1. The van der Waals surface area contributed by atoms with E-state index in [-0.39, 0.29) is 42.3 Å².